The molecular formula is C16H20N2O3S. The second-order valence-electron chi connectivity index (χ2n) is 5.45. The number of hydrogen-bond acceptors (Lipinski definition) is 4. The lowest BCUT2D eigenvalue weighted by atomic mass is 10.1. The zero-order chi connectivity index (χ0) is 15.4. The summed E-state index contributed by atoms with van der Waals surface area (Å²) in [6, 6.07) is 10.6. The molecule has 1 N–H and O–H groups in total. The van der Waals surface area contributed by atoms with Crippen LogP contribution in [0.1, 0.15) is 25.0 Å². The van der Waals surface area contributed by atoms with E-state index in [9.17, 15) is 8.42 Å². The molecule has 1 saturated heterocycles. The van der Waals surface area contributed by atoms with Crippen LogP contribution in [0.3, 0.4) is 0 Å². The SMILES string of the molecule is O=S(=O)(NCc1ccco1)c1ccc(N2CCCCC2)cc1. The molecule has 0 saturated carbocycles. The number of nitrogens with one attached hydrogen (secondary N) is 1. The van der Waals surface area contributed by atoms with Crippen molar-refractivity contribution in [2.45, 2.75) is 30.7 Å². The molecule has 0 spiro atoms. The number of sulfonamides is 1. The fourth-order valence-electron chi connectivity index (χ4n) is 2.65. The summed E-state index contributed by atoms with van der Waals surface area (Å²) in [5, 5.41) is 0. The van der Waals surface area contributed by atoms with Crippen molar-refractivity contribution in [1.82, 2.24) is 4.72 Å². The second kappa shape index (κ2) is 6.54. The van der Waals surface area contributed by atoms with Gasteiger partial charge in [-0.25, -0.2) is 13.1 Å². The first-order valence-corrected chi connectivity index (χ1v) is 9.00. The van der Waals surface area contributed by atoms with Crippen molar-refractivity contribution in [2.75, 3.05) is 18.0 Å². The third kappa shape index (κ3) is 3.51. The van der Waals surface area contributed by atoms with Crippen LogP contribution in [-0.2, 0) is 16.6 Å². The van der Waals surface area contributed by atoms with Crippen molar-refractivity contribution in [3.8, 4) is 0 Å². The van der Waals surface area contributed by atoms with Gasteiger partial charge in [0.2, 0.25) is 10.0 Å². The Kier molecular flexibility index (Phi) is 4.49. The van der Waals surface area contributed by atoms with Crippen molar-refractivity contribution in [1.29, 1.82) is 0 Å². The minimum Gasteiger partial charge on any atom is -0.468 e. The molecule has 0 unspecified atom stereocenters. The number of benzene rings is 1. The highest BCUT2D eigenvalue weighted by Crippen LogP contribution is 2.21. The van der Waals surface area contributed by atoms with Gasteiger partial charge in [0.05, 0.1) is 17.7 Å². The first-order valence-electron chi connectivity index (χ1n) is 7.52. The quantitative estimate of drug-likeness (QED) is 0.920. The summed E-state index contributed by atoms with van der Waals surface area (Å²) in [5.74, 6) is 0.591. The molecule has 1 aliphatic rings. The normalized spacial score (nSPS) is 15.9. The highest BCUT2D eigenvalue weighted by Gasteiger charge is 2.16. The molecule has 0 aliphatic carbocycles. The molecule has 0 atom stereocenters. The van der Waals surface area contributed by atoms with Gasteiger partial charge in [0, 0.05) is 18.8 Å². The average molecular weight is 320 g/mol. The van der Waals surface area contributed by atoms with E-state index in [0.717, 1.165) is 18.8 Å². The second-order valence-corrected chi connectivity index (χ2v) is 7.21. The maximum atomic E-state index is 12.2. The van der Waals surface area contributed by atoms with E-state index in [1.54, 1.807) is 24.3 Å². The lowest BCUT2D eigenvalue weighted by molar-refractivity contribution is 0.498. The molecule has 3 rings (SSSR count). The van der Waals surface area contributed by atoms with Crippen LogP contribution in [0.2, 0.25) is 0 Å². The van der Waals surface area contributed by atoms with Crippen LogP contribution in [0.15, 0.2) is 52.0 Å². The van der Waals surface area contributed by atoms with Gasteiger partial charge in [0.15, 0.2) is 0 Å². The fraction of sp³-hybridized carbons (Fsp3) is 0.375. The molecular weight excluding hydrogens is 300 g/mol. The van der Waals surface area contributed by atoms with Crippen molar-refractivity contribution >= 4 is 15.7 Å². The van der Waals surface area contributed by atoms with Crippen LogP contribution >= 0.6 is 0 Å². The minimum atomic E-state index is -3.51. The standard InChI is InChI=1S/C16H20N2O3S/c19-22(20,17-13-15-5-4-12-21-15)16-8-6-14(7-9-16)18-10-2-1-3-11-18/h4-9,12,17H,1-3,10-11,13H2. The summed E-state index contributed by atoms with van der Waals surface area (Å²) in [7, 11) is -3.51. The number of anilines is 1. The first-order chi connectivity index (χ1) is 10.6. The van der Waals surface area contributed by atoms with Crippen LogP contribution in [0, 0.1) is 0 Å². The van der Waals surface area contributed by atoms with E-state index in [4.69, 9.17) is 4.42 Å². The summed E-state index contributed by atoms with van der Waals surface area (Å²) in [6.07, 6.45) is 5.20. The molecule has 1 aromatic heterocycles. The van der Waals surface area contributed by atoms with Gasteiger partial charge in [-0.3, -0.25) is 0 Å². The van der Waals surface area contributed by atoms with E-state index in [1.807, 2.05) is 12.1 Å². The highest BCUT2D eigenvalue weighted by atomic mass is 32.2. The molecule has 118 valence electrons. The Hall–Kier alpha value is -1.79. The van der Waals surface area contributed by atoms with Crippen LogP contribution in [-0.4, -0.2) is 21.5 Å². The molecule has 22 heavy (non-hydrogen) atoms. The van der Waals surface area contributed by atoms with Crippen molar-refractivity contribution in [3.63, 3.8) is 0 Å². The van der Waals surface area contributed by atoms with Crippen molar-refractivity contribution in [3.05, 3.63) is 48.4 Å². The number of rotatable bonds is 5. The van der Waals surface area contributed by atoms with E-state index in [-0.39, 0.29) is 11.4 Å². The van der Waals surface area contributed by atoms with Crippen LogP contribution in [0.4, 0.5) is 5.69 Å². The highest BCUT2D eigenvalue weighted by molar-refractivity contribution is 7.89. The zero-order valence-corrected chi connectivity index (χ0v) is 13.2. The van der Waals surface area contributed by atoms with Gasteiger partial charge in [0.1, 0.15) is 5.76 Å². The third-order valence-corrected chi connectivity index (χ3v) is 5.30. The van der Waals surface area contributed by atoms with Gasteiger partial charge in [-0.2, -0.15) is 0 Å². The van der Waals surface area contributed by atoms with E-state index in [1.165, 1.54) is 25.5 Å². The Morgan fingerprint density at radius 1 is 1.05 bits per heavy atom. The Morgan fingerprint density at radius 2 is 1.77 bits per heavy atom. The molecule has 0 amide bonds. The van der Waals surface area contributed by atoms with Gasteiger partial charge in [-0.05, 0) is 55.7 Å². The molecule has 2 heterocycles. The summed E-state index contributed by atoms with van der Waals surface area (Å²) in [6.45, 7) is 2.24. The number of hydrogen-bond donors (Lipinski definition) is 1. The topological polar surface area (TPSA) is 62.6 Å². The predicted molar refractivity (Wildman–Crippen MR) is 85.2 cm³/mol. The van der Waals surface area contributed by atoms with Crippen molar-refractivity contribution in [2.24, 2.45) is 0 Å². The number of piperidine rings is 1. The number of furan rings is 1. The van der Waals surface area contributed by atoms with E-state index in [0.29, 0.717) is 5.76 Å². The lowest BCUT2D eigenvalue weighted by Crippen LogP contribution is -2.29. The summed E-state index contributed by atoms with van der Waals surface area (Å²) in [4.78, 5) is 2.58. The Labute approximate surface area is 131 Å². The number of nitrogens with zero attached hydrogens (tertiary/aromatic N) is 1. The Bertz CT molecular complexity index is 688. The fourth-order valence-corrected chi connectivity index (χ4v) is 3.64. The maximum Gasteiger partial charge on any atom is 0.240 e. The molecule has 0 bridgehead atoms. The molecule has 1 aliphatic heterocycles. The summed E-state index contributed by atoms with van der Waals surface area (Å²) >= 11 is 0. The maximum absolute atomic E-state index is 12.2. The van der Waals surface area contributed by atoms with Gasteiger partial charge in [0.25, 0.3) is 0 Å². The smallest absolute Gasteiger partial charge is 0.240 e. The van der Waals surface area contributed by atoms with Gasteiger partial charge >= 0.3 is 0 Å². The predicted octanol–water partition coefficient (Wildman–Crippen LogP) is 2.75. The zero-order valence-electron chi connectivity index (χ0n) is 12.4. The average Bonchev–Trinajstić information content (AvgIpc) is 3.08. The largest absolute Gasteiger partial charge is 0.468 e. The molecule has 1 aromatic carbocycles. The lowest BCUT2D eigenvalue weighted by Gasteiger charge is -2.28. The Balaban J connectivity index is 1.68. The van der Waals surface area contributed by atoms with Crippen LogP contribution in [0.5, 0.6) is 0 Å². The molecule has 0 radical (unpaired) electrons. The van der Waals surface area contributed by atoms with E-state index in [2.05, 4.69) is 9.62 Å². The molecule has 6 heteroatoms. The van der Waals surface area contributed by atoms with Crippen LogP contribution in [0.25, 0.3) is 0 Å². The first kappa shape index (κ1) is 15.1. The van der Waals surface area contributed by atoms with Gasteiger partial charge in [-0.15, -0.1) is 0 Å². The van der Waals surface area contributed by atoms with Crippen molar-refractivity contribution < 1.29 is 12.8 Å². The van der Waals surface area contributed by atoms with Gasteiger partial charge < -0.3 is 9.32 Å². The molecule has 5 nitrogen and oxygen atoms in total. The third-order valence-electron chi connectivity index (χ3n) is 3.88. The summed E-state index contributed by atoms with van der Waals surface area (Å²) in [5.41, 5.74) is 1.09. The van der Waals surface area contributed by atoms with E-state index >= 15 is 0 Å². The van der Waals surface area contributed by atoms with Gasteiger partial charge in [-0.1, -0.05) is 0 Å². The van der Waals surface area contributed by atoms with E-state index < -0.39 is 10.0 Å². The summed E-state index contributed by atoms with van der Waals surface area (Å²) < 4.78 is 32.2. The molecule has 2 aromatic rings. The monoisotopic (exact) mass is 320 g/mol. The Morgan fingerprint density at radius 3 is 2.41 bits per heavy atom. The van der Waals surface area contributed by atoms with Crippen LogP contribution < -0.4 is 9.62 Å². The molecule has 1 fully saturated rings. The minimum absolute atomic E-state index is 0.156.